The molecule has 2 aromatic rings. The Morgan fingerprint density at radius 3 is 2.61 bits per heavy atom. The van der Waals surface area contributed by atoms with Gasteiger partial charge in [0, 0.05) is 17.6 Å². The normalized spacial score (nSPS) is 15.6. The first-order chi connectivity index (χ1) is 13.5. The van der Waals surface area contributed by atoms with E-state index in [9.17, 15) is 18.4 Å². The van der Waals surface area contributed by atoms with Gasteiger partial charge in [0.15, 0.2) is 6.10 Å². The smallest absolute Gasteiger partial charge is 0.288 e. The molecule has 1 atom stereocenters. The van der Waals surface area contributed by atoms with Crippen LogP contribution in [0.15, 0.2) is 53.4 Å². The summed E-state index contributed by atoms with van der Waals surface area (Å²) in [5, 5.41) is 5.29. The fourth-order valence-electron chi connectivity index (χ4n) is 2.85. The maximum atomic E-state index is 12.5. The Bertz CT molecular complexity index is 849. The van der Waals surface area contributed by atoms with E-state index in [-0.39, 0.29) is 24.9 Å². The number of anilines is 2. The van der Waals surface area contributed by atoms with Gasteiger partial charge in [0.1, 0.15) is 5.75 Å². The minimum Gasteiger partial charge on any atom is -0.477 e. The van der Waals surface area contributed by atoms with E-state index in [1.54, 1.807) is 29.2 Å². The van der Waals surface area contributed by atoms with Crippen LogP contribution < -0.4 is 20.3 Å². The van der Waals surface area contributed by atoms with Gasteiger partial charge in [0.05, 0.1) is 18.8 Å². The molecule has 2 N–H and O–H groups in total. The summed E-state index contributed by atoms with van der Waals surface area (Å²) in [5.41, 5.74) is 1.23. The number of para-hydroxylation sites is 2. The molecule has 0 bridgehead atoms. The van der Waals surface area contributed by atoms with Crippen LogP contribution in [0.25, 0.3) is 0 Å². The third-order valence-corrected chi connectivity index (χ3v) is 4.82. The zero-order valence-electron chi connectivity index (χ0n) is 15.0. The Morgan fingerprint density at radius 2 is 1.93 bits per heavy atom. The monoisotopic (exact) mass is 407 g/mol. The molecule has 148 valence electrons. The van der Waals surface area contributed by atoms with Gasteiger partial charge in [-0.2, -0.15) is 8.78 Å². The second kappa shape index (κ2) is 8.92. The van der Waals surface area contributed by atoms with E-state index in [0.717, 1.165) is 5.69 Å². The third kappa shape index (κ3) is 4.92. The van der Waals surface area contributed by atoms with E-state index in [4.69, 9.17) is 4.74 Å². The lowest BCUT2D eigenvalue weighted by atomic mass is 10.1. The molecule has 0 saturated carbocycles. The summed E-state index contributed by atoms with van der Waals surface area (Å²) in [7, 11) is 1.53. The summed E-state index contributed by atoms with van der Waals surface area (Å²) in [5.74, 6) is -2.52. The Kier molecular flexibility index (Phi) is 6.35. The van der Waals surface area contributed by atoms with Crippen molar-refractivity contribution in [1.82, 2.24) is 5.32 Å². The first kappa shape index (κ1) is 19.9. The predicted octanol–water partition coefficient (Wildman–Crippen LogP) is 2.95. The molecule has 0 fully saturated rings. The molecule has 0 aromatic heterocycles. The van der Waals surface area contributed by atoms with Crippen molar-refractivity contribution in [3.63, 3.8) is 0 Å². The number of hydrogen-bond donors (Lipinski definition) is 2. The lowest BCUT2D eigenvalue weighted by Gasteiger charge is -2.34. The minimum absolute atomic E-state index is 0.0153. The molecule has 0 spiro atoms. The van der Waals surface area contributed by atoms with Crippen LogP contribution in [0.2, 0.25) is 0 Å². The Hall–Kier alpha value is -2.81. The van der Waals surface area contributed by atoms with Crippen molar-refractivity contribution in [1.29, 1.82) is 0 Å². The molecule has 2 aromatic carbocycles. The van der Waals surface area contributed by atoms with Crippen LogP contribution in [0.1, 0.15) is 0 Å². The molecule has 1 aliphatic heterocycles. The molecule has 0 saturated heterocycles. The molecular weight excluding hydrogens is 388 g/mol. The Morgan fingerprint density at radius 1 is 1.21 bits per heavy atom. The predicted molar refractivity (Wildman–Crippen MR) is 104 cm³/mol. The number of rotatable bonds is 6. The summed E-state index contributed by atoms with van der Waals surface area (Å²) >= 11 is 0.446. The number of nitrogens with zero attached hydrogens (tertiary/aromatic N) is 1. The number of carbonyl (C=O) groups excluding carboxylic acids is 2. The van der Waals surface area contributed by atoms with Crippen molar-refractivity contribution in [3.05, 3.63) is 48.5 Å². The molecule has 9 heteroatoms. The summed E-state index contributed by atoms with van der Waals surface area (Å²) in [6.07, 6.45) is -0.724. The topological polar surface area (TPSA) is 70.7 Å². The minimum atomic E-state index is -2.49. The largest absolute Gasteiger partial charge is 0.477 e. The number of fused-ring (bicyclic) bond motifs is 1. The summed E-state index contributed by atoms with van der Waals surface area (Å²) < 4.78 is 30.5. The average molecular weight is 407 g/mol. The van der Waals surface area contributed by atoms with Crippen LogP contribution in [-0.2, 0) is 9.59 Å². The number of carbonyl (C=O) groups is 2. The van der Waals surface area contributed by atoms with Crippen LogP contribution in [0, 0.1) is 0 Å². The van der Waals surface area contributed by atoms with Crippen molar-refractivity contribution in [2.75, 3.05) is 30.4 Å². The highest BCUT2D eigenvalue weighted by Gasteiger charge is 2.30. The van der Waals surface area contributed by atoms with Crippen LogP contribution in [0.5, 0.6) is 5.75 Å². The van der Waals surface area contributed by atoms with E-state index >= 15 is 0 Å². The van der Waals surface area contributed by atoms with E-state index < -0.39 is 11.9 Å². The van der Waals surface area contributed by atoms with Gasteiger partial charge in [-0.05, 0) is 36.4 Å². The van der Waals surface area contributed by atoms with E-state index in [0.29, 0.717) is 28.1 Å². The Balaban J connectivity index is 1.67. The van der Waals surface area contributed by atoms with E-state index in [2.05, 4.69) is 10.6 Å². The number of nitrogens with one attached hydrogen (secondary N) is 2. The molecule has 0 radical (unpaired) electrons. The number of likely N-dealkylation sites (N-methyl/N-ethyl adjacent to an activating group) is 1. The molecule has 1 aliphatic rings. The highest BCUT2D eigenvalue weighted by molar-refractivity contribution is 7.99. The molecule has 1 heterocycles. The van der Waals surface area contributed by atoms with E-state index in [1.807, 2.05) is 12.1 Å². The van der Waals surface area contributed by atoms with E-state index in [1.165, 1.54) is 19.2 Å². The maximum absolute atomic E-state index is 12.5. The fraction of sp³-hybridized carbons (Fsp3) is 0.263. The number of alkyl halides is 2. The highest BCUT2D eigenvalue weighted by Crippen LogP contribution is 2.33. The SMILES string of the molecule is CNC(=O)[C@H]1CN(CC(=O)Nc2ccc(SC(F)F)cc2)c2ccccc2O1. The molecule has 2 amide bonds. The molecule has 0 unspecified atom stereocenters. The maximum Gasteiger partial charge on any atom is 0.288 e. The third-order valence-electron chi connectivity index (χ3n) is 4.10. The van der Waals surface area contributed by atoms with Gasteiger partial charge >= 0.3 is 0 Å². The number of hydrogen-bond acceptors (Lipinski definition) is 5. The number of amides is 2. The van der Waals surface area contributed by atoms with Gasteiger partial charge < -0.3 is 20.3 Å². The molecule has 3 rings (SSSR count). The van der Waals surface area contributed by atoms with Crippen LogP contribution in [0.3, 0.4) is 0 Å². The van der Waals surface area contributed by atoms with Gasteiger partial charge in [-0.25, -0.2) is 0 Å². The van der Waals surface area contributed by atoms with Gasteiger partial charge in [-0.1, -0.05) is 23.9 Å². The van der Waals surface area contributed by atoms with Gasteiger partial charge in [-0.15, -0.1) is 0 Å². The number of thioether (sulfide) groups is 1. The second-order valence-electron chi connectivity index (χ2n) is 6.02. The molecule has 28 heavy (non-hydrogen) atoms. The quantitative estimate of drug-likeness (QED) is 0.721. The number of halogens is 2. The van der Waals surface area contributed by atoms with Gasteiger partial charge in [0.2, 0.25) is 5.91 Å². The molecule has 0 aliphatic carbocycles. The van der Waals surface area contributed by atoms with Crippen molar-refractivity contribution in [3.8, 4) is 5.75 Å². The van der Waals surface area contributed by atoms with Gasteiger partial charge in [-0.3, -0.25) is 9.59 Å². The summed E-state index contributed by atoms with van der Waals surface area (Å²) in [6, 6.07) is 13.4. The number of ether oxygens (including phenoxy) is 1. The zero-order chi connectivity index (χ0) is 20.1. The second-order valence-corrected chi connectivity index (χ2v) is 7.08. The van der Waals surface area contributed by atoms with Crippen LogP contribution in [0.4, 0.5) is 20.2 Å². The van der Waals surface area contributed by atoms with Crippen LogP contribution in [-0.4, -0.2) is 43.8 Å². The lowest BCUT2D eigenvalue weighted by molar-refractivity contribution is -0.127. The molecular formula is C19H19F2N3O3S. The van der Waals surface area contributed by atoms with Crippen molar-refractivity contribution < 1.29 is 23.1 Å². The van der Waals surface area contributed by atoms with Crippen LogP contribution >= 0.6 is 11.8 Å². The molecule has 6 nitrogen and oxygen atoms in total. The van der Waals surface area contributed by atoms with Crippen molar-refractivity contribution >= 4 is 35.0 Å². The summed E-state index contributed by atoms with van der Waals surface area (Å²) in [4.78, 5) is 26.7. The Labute approximate surface area is 165 Å². The first-order valence-electron chi connectivity index (χ1n) is 8.53. The number of benzene rings is 2. The zero-order valence-corrected chi connectivity index (χ0v) is 15.8. The first-order valence-corrected chi connectivity index (χ1v) is 9.41. The lowest BCUT2D eigenvalue weighted by Crippen LogP contribution is -2.50. The average Bonchev–Trinajstić information content (AvgIpc) is 2.68. The highest BCUT2D eigenvalue weighted by atomic mass is 32.2. The summed E-state index contributed by atoms with van der Waals surface area (Å²) in [6.45, 7) is 0.246. The standard InChI is InChI=1S/C19H19F2N3O3S/c1-22-18(26)16-10-24(14-4-2-3-5-15(14)27-16)11-17(25)23-12-6-8-13(9-7-12)28-19(20)21/h2-9,16,19H,10-11H2,1H3,(H,22,26)(H,23,25)/t16-/m1/s1. The van der Waals surface area contributed by atoms with Crippen molar-refractivity contribution in [2.24, 2.45) is 0 Å². The fourth-order valence-corrected chi connectivity index (χ4v) is 3.35. The van der Waals surface area contributed by atoms with Gasteiger partial charge in [0.25, 0.3) is 11.7 Å². The van der Waals surface area contributed by atoms with Crippen molar-refractivity contribution in [2.45, 2.75) is 16.8 Å².